The van der Waals surface area contributed by atoms with Gasteiger partial charge in [0, 0.05) is 12.1 Å². The fourth-order valence-electron chi connectivity index (χ4n) is 2.53. The van der Waals surface area contributed by atoms with Crippen LogP contribution in [0.15, 0.2) is 77.7 Å². The van der Waals surface area contributed by atoms with Gasteiger partial charge in [0.2, 0.25) is 0 Å². The van der Waals surface area contributed by atoms with Gasteiger partial charge in [0.25, 0.3) is 10.6 Å². The second kappa shape index (κ2) is 9.40. The largest absolute Gasteiger partial charge is 0.416 e. The van der Waals surface area contributed by atoms with E-state index >= 15 is 0 Å². The molecular formula is C19H13F3IN2O7S+2. The molecule has 3 rings (SSSR count). The number of halogens is 4. The molecule has 9 nitrogen and oxygen atoms in total. The zero-order chi connectivity index (χ0) is 24.4. The Bertz CT molecular complexity index is 1260. The summed E-state index contributed by atoms with van der Waals surface area (Å²) in [5.41, 5.74) is -1.63. The highest BCUT2D eigenvalue weighted by Gasteiger charge is 2.40. The lowest BCUT2D eigenvalue weighted by molar-refractivity contribution is -1.03. The number of non-ortho nitro benzene ring substituents is 1. The van der Waals surface area contributed by atoms with Gasteiger partial charge in [-0.1, -0.05) is 12.1 Å². The SMILES string of the molecule is O=[N+]([O-])c1cccc([I+](OS(=O)(=O)c2ccc(C(F)(F)F)cc2)c2cccc([N+](=O)O)c2)c1. The van der Waals surface area contributed by atoms with E-state index in [1.54, 1.807) is 0 Å². The zero-order valence-electron chi connectivity index (χ0n) is 16.1. The summed E-state index contributed by atoms with van der Waals surface area (Å²) in [7, 11) is -4.61. The van der Waals surface area contributed by atoms with E-state index in [0.29, 0.717) is 12.1 Å². The van der Waals surface area contributed by atoms with E-state index in [2.05, 4.69) is 0 Å². The van der Waals surface area contributed by atoms with Crippen LogP contribution < -0.4 is 20.2 Å². The summed E-state index contributed by atoms with van der Waals surface area (Å²) in [5, 5.41) is 20.3. The van der Waals surface area contributed by atoms with Crippen molar-refractivity contribution in [2.24, 2.45) is 0 Å². The van der Waals surface area contributed by atoms with Gasteiger partial charge >= 0.3 is 42.2 Å². The van der Waals surface area contributed by atoms with Crippen molar-refractivity contribution in [1.82, 2.24) is 0 Å². The maximum absolute atomic E-state index is 12.9. The quantitative estimate of drug-likeness (QED) is 0.248. The van der Waals surface area contributed by atoms with Crippen LogP contribution in [0.4, 0.5) is 24.5 Å². The van der Waals surface area contributed by atoms with Crippen molar-refractivity contribution in [3.05, 3.63) is 101 Å². The second-order valence-corrected chi connectivity index (χ2v) is 12.8. The van der Waals surface area contributed by atoms with E-state index in [-0.39, 0.29) is 18.5 Å². The average Bonchev–Trinajstić information content (AvgIpc) is 2.77. The van der Waals surface area contributed by atoms with E-state index in [0.717, 1.165) is 18.2 Å². The molecule has 0 atom stereocenters. The molecule has 0 amide bonds. The molecule has 0 heterocycles. The van der Waals surface area contributed by atoms with Crippen LogP contribution in [-0.2, 0) is 18.8 Å². The number of alkyl halides is 3. The fraction of sp³-hybridized carbons (Fsp3) is 0.0526. The molecule has 3 aromatic rings. The maximum atomic E-state index is 12.9. The van der Waals surface area contributed by atoms with E-state index in [9.17, 15) is 41.8 Å². The van der Waals surface area contributed by atoms with Crippen LogP contribution in [0.2, 0.25) is 0 Å². The molecule has 0 aromatic heterocycles. The molecule has 0 unspecified atom stereocenters. The van der Waals surface area contributed by atoms with Crippen molar-refractivity contribution in [3.63, 3.8) is 0 Å². The van der Waals surface area contributed by atoms with Crippen LogP contribution in [0.3, 0.4) is 0 Å². The number of hydrogen-bond acceptors (Lipinski definition) is 6. The first-order valence-electron chi connectivity index (χ1n) is 8.71. The lowest BCUT2D eigenvalue weighted by Crippen LogP contribution is -3.85. The molecule has 0 aliphatic carbocycles. The standard InChI is InChI=1S/C19H13F3IN2O7S/c20-19(21,22)13-7-9-18(10-8-13)33(30,31)32-23(14-3-1-5-16(11-14)24(26)27)15-4-2-6-17(12-15)25(28)29/h1-12H,(H,26,27)/q+2. The molecule has 1 radical (unpaired) electrons. The summed E-state index contributed by atoms with van der Waals surface area (Å²) in [6.07, 6.45) is -4.67. The zero-order valence-corrected chi connectivity index (χ0v) is 19.1. The number of rotatable bonds is 7. The first kappa shape index (κ1) is 24.5. The lowest BCUT2D eigenvalue weighted by Gasteiger charge is -2.08. The van der Waals surface area contributed by atoms with Crippen LogP contribution in [-0.4, -0.2) is 23.5 Å². The van der Waals surface area contributed by atoms with Crippen molar-refractivity contribution in [1.29, 1.82) is 0 Å². The minimum Gasteiger partial charge on any atom is -0.258 e. The predicted molar refractivity (Wildman–Crippen MR) is 102 cm³/mol. The molecule has 0 saturated carbocycles. The van der Waals surface area contributed by atoms with E-state index in [1.165, 1.54) is 42.5 Å². The first-order chi connectivity index (χ1) is 15.4. The van der Waals surface area contributed by atoms with Gasteiger partial charge in [-0.25, -0.2) is 5.21 Å². The molecular weight excluding hydrogens is 584 g/mol. The Kier molecular flexibility index (Phi) is 6.99. The Hall–Kier alpha value is -3.11. The molecule has 0 bridgehead atoms. The molecule has 0 aliphatic rings. The van der Waals surface area contributed by atoms with Crippen molar-refractivity contribution in [2.45, 2.75) is 11.1 Å². The monoisotopic (exact) mass is 597 g/mol. The summed E-state index contributed by atoms with van der Waals surface area (Å²) >= 11 is -3.55. The van der Waals surface area contributed by atoms with E-state index in [1.807, 2.05) is 0 Å². The van der Waals surface area contributed by atoms with Gasteiger partial charge in [-0.05, 0) is 38.9 Å². The molecule has 0 aliphatic heterocycles. The van der Waals surface area contributed by atoms with E-state index < -0.39 is 56.8 Å². The van der Waals surface area contributed by atoms with Gasteiger partial charge in [-0.15, -0.1) is 0 Å². The predicted octanol–water partition coefficient (Wildman–Crippen LogP) is 1.40. The molecule has 3 aromatic carbocycles. The Morgan fingerprint density at radius 2 is 1.39 bits per heavy atom. The van der Waals surface area contributed by atoms with Crippen LogP contribution in [0.5, 0.6) is 0 Å². The number of nitro groups is 1. The number of nitrogens with zero attached hydrogens (tertiary/aromatic N) is 2. The summed E-state index contributed by atoms with van der Waals surface area (Å²) in [6, 6.07) is 12.9. The number of hydrogen-bond donors (Lipinski definition) is 1. The normalized spacial score (nSPS) is 12.0. The topological polar surface area (TPSA) is 127 Å². The molecule has 1 N–H and O–H groups in total. The van der Waals surface area contributed by atoms with Crippen LogP contribution in [0.1, 0.15) is 5.56 Å². The highest BCUT2D eigenvalue weighted by atomic mass is 127. The Balaban J connectivity index is 2.08. The van der Waals surface area contributed by atoms with Gasteiger partial charge in [-0.3, -0.25) is 10.1 Å². The fourth-order valence-corrected chi connectivity index (χ4v) is 9.66. The average molecular weight is 597 g/mol. The van der Waals surface area contributed by atoms with Crippen molar-refractivity contribution < 1.29 is 59.4 Å². The molecule has 0 saturated heterocycles. The Morgan fingerprint density at radius 1 is 0.879 bits per heavy atom. The lowest BCUT2D eigenvalue weighted by atomic mass is 10.2. The summed E-state index contributed by atoms with van der Waals surface area (Å²) in [6.45, 7) is 0. The van der Waals surface area contributed by atoms with Crippen LogP contribution in [0.25, 0.3) is 0 Å². The van der Waals surface area contributed by atoms with Gasteiger partial charge in [0.15, 0.2) is 7.14 Å². The van der Waals surface area contributed by atoms with Crippen LogP contribution in [0, 0.1) is 22.2 Å². The van der Waals surface area contributed by atoms with Gasteiger partial charge in [0.05, 0.1) is 32.4 Å². The third-order valence-corrected chi connectivity index (χ3v) is 11.3. The van der Waals surface area contributed by atoms with Crippen molar-refractivity contribution >= 4 is 21.5 Å². The minimum absolute atomic E-state index is 0.163. The van der Waals surface area contributed by atoms with E-state index in [4.69, 9.17) is 2.51 Å². The summed E-state index contributed by atoms with van der Waals surface area (Å²) < 4.78 is 69.9. The van der Waals surface area contributed by atoms with Gasteiger partial charge in [0.1, 0.15) is 0 Å². The van der Waals surface area contributed by atoms with Gasteiger partial charge < -0.3 is 0 Å². The molecule has 0 spiro atoms. The first-order valence-corrected chi connectivity index (χ1v) is 13.2. The molecule has 33 heavy (non-hydrogen) atoms. The van der Waals surface area contributed by atoms with Gasteiger partial charge in [-0.2, -0.15) is 21.6 Å². The second-order valence-electron chi connectivity index (χ2n) is 6.28. The van der Waals surface area contributed by atoms with Crippen LogP contribution >= 0.6 is 0 Å². The van der Waals surface area contributed by atoms with Crippen molar-refractivity contribution in [3.8, 4) is 0 Å². The minimum atomic E-state index is -4.67. The highest BCUT2D eigenvalue weighted by Crippen LogP contribution is 2.29. The molecule has 0 fully saturated rings. The third-order valence-electron chi connectivity index (χ3n) is 4.06. The maximum Gasteiger partial charge on any atom is 0.416 e. The smallest absolute Gasteiger partial charge is 0.258 e. The third kappa shape index (κ3) is 5.82. The Morgan fingerprint density at radius 3 is 1.88 bits per heavy atom. The molecule has 14 heteroatoms. The number of benzene rings is 3. The Labute approximate surface area is 192 Å². The summed E-state index contributed by atoms with van der Waals surface area (Å²) in [4.78, 5) is 20.7. The highest BCUT2D eigenvalue weighted by molar-refractivity contribution is 7.86. The summed E-state index contributed by atoms with van der Waals surface area (Å²) in [5.74, 6) is 0. The van der Waals surface area contributed by atoms with Crippen molar-refractivity contribution in [2.75, 3.05) is 0 Å². The molecule has 173 valence electrons. The number of nitro benzene ring substituents is 1.